The number of thiophene rings is 1. The predicted molar refractivity (Wildman–Crippen MR) is 67.3 cm³/mol. The van der Waals surface area contributed by atoms with Crippen LogP contribution in [-0.2, 0) is 0 Å². The first-order chi connectivity index (χ1) is 7.20. The van der Waals surface area contributed by atoms with E-state index >= 15 is 0 Å². The molecule has 0 aliphatic rings. The lowest BCUT2D eigenvalue weighted by Gasteiger charge is -2.13. The van der Waals surface area contributed by atoms with Gasteiger partial charge in [-0.3, -0.25) is 0 Å². The van der Waals surface area contributed by atoms with E-state index in [9.17, 15) is 5.11 Å². The molecule has 0 bridgehead atoms. The monoisotopic (exact) mass is 282 g/mol. The van der Waals surface area contributed by atoms with Gasteiger partial charge in [0.25, 0.3) is 0 Å². The first-order valence-electron chi connectivity index (χ1n) is 4.65. The Labute approximate surface area is 102 Å². The molecule has 1 aromatic heterocycles. The molecule has 15 heavy (non-hydrogen) atoms. The van der Waals surface area contributed by atoms with Crippen LogP contribution in [0.1, 0.15) is 22.8 Å². The normalized spacial score (nSPS) is 12.7. The summed E-state index contributed by atoms with van der Waals surface area (Å²) in [6.45, 7) is 2.01. The van der Waals surface area contributed by atoms with Gasteiger partial charge in [0.2, 0.25) is 0 Å². The van der Waals surface area contributed by atoms with E-state index in [1.165, 1.54) is 0 Å². The van der Waals surface area contributed by atoms with E-state index in [4.69, 9.17) is 0 Å². The Morgan fingerprint density at radius 1 is 1.33 bits per heavy atom. The van der Waals surface area contributed by atoms with Gasteiger partial charge in [0.15, 0.2) is 0 Å². The van der Waals surface area contributed by atoms with Crippen molar-refractivity contribution in [1.29, 1.82) is 0 Å². The van der Waals surface area contributed by atoms with Crippen molar-refractivity contribution >= 4 is 27.3 Å². The molecule has 0 saturated carbocycles. The number of aliphatic hydroxyl groups excluding tert-OH is 1. The number of halogens is 1. The van der Waals surface area contributed by atoms with Crippen LogP contribution < -0.4 is 0 Å². The van der Waals surface area contributed by atoms with Crippen molar-refractivity contribution in [2.45, 2.75) is 13.0 Å². The van der Waals surface area contributed by atoms with Crippen LogP contribution in [0.4, 0.5) is 0 Å². The van der Waals surface area contributed by atoms with E-state index in [1.54, 1.807) is 11.3 Å². The molecule has 78 valence electrons. The average molecular weight is 283 g/mol. The number of aliphatic hydroxyl groups is 1. The predicted octanol–water partition coefficient (Wildman–Crippen LogP) is 3.90. The summed E-state index contributed by atoms with van der Waals surface area (Å²) in [6.07, 6.45) is -0.520. The van der Waals surface area contributed by atoms with Crippen molar-refractivity contribution in [2.75, 3.05) is 0 Å². The van der Waals surface area contributed by atoms with Gasteiger partial charge in [0.1, 0.15) is 6.10 Å². The van der Waals surface area contributed by atoms with Crippen LogP contribution in [0.3, 0.4) is 0 Å². The van der Waals surface area contributed by atoms with Crippen molar-refractivity contribution < 1.29 is 5.11 Å². The number of hydrogen-bond acceptors (Lipinski definition) is 2. The highest BCUT2D eigenvalue weighted by atomic mass is 79.9. The molecule has 0 radical (unpaired) electrons. The highest BCUT2D eigenvalue weighted by Gasteiger charge is 2.13. The van der Waals surface area contributed by atoms with Crippen LogP contribution >= 0.6 is 27.3 Å². The summed E-state index contributed by atoms with van der Waals surface area (Å²) in [7, 11) is 0. The van der Waals surface area contributed by atoms with Crippen LogP contribution in [0.15, 0.2) is 39.5 Å². The van der Waals surface area contributed by atoms with Crippen molar-refractivity contribution in [3.63, 3.8) is 0 Å². The number of hydrogen-bond donors (Lipinski definition) is 1. The number of rotatable bonds is 2. The molecule has 1 atom stereocenters. The zero-order chi connectivity index (χ0) is 10.8. The summed E-state index contributed by atoms with van der Waals surface area (Å²) in [5, 5.41) is 14.1. The second-order valence-electron chi connectivity index (χ2n) is 3.41. The zero-order valence-electron chi connectivity index (χ0n) is 8.27. The number of benzene rings is 1. The SMILES string of the molecule is Cc1c(Br)cccc1C(O)c1ccsc1. The molecule has 0 spiro atoms. The maximum atomic E-state index is 10.2. The van der Waals surface area contributed by atoms with Crippen molar-refractivity contribution in [1.82, 2.24) is 0 Å². The third kappa shape index (κ3) is 2.14. The zero-order valence-corrected chi connectivity index (χ0v) is 10.7. The van der Waals surface area contributed by atoms with Gasteiger partial charge in [-0.1, -0.05) is 28.1 Å². The third-order valence-electron chi connectivity index (χ3n) is 2.46. The lowest BCUT2D eigenvalue weighted by atomic mass is 10.00. The molecule has 1 N–H and O–H groups in total. The smallest absolute Gasteiger partial charge is 0.105 e. The molecule has 1 aromatic carbocycles. The molecule has 1 nitrogen and oxygen atoms in total. The Bertz CT molecular complexity index is 451. The van der Waals surface area contributed by atoms with Crippen molar-refractivity contribution in [3.05, 3.63) is 56.2 Å². The van der Waals surface area contributed by atoms with Gasteiger partial charge in [-0.2, -0.15) is 11.3 Å². The Kier molecular flexibility index (Phi) is 3.24. The van der Waals surface area contributed by atoms with Crippen LogP contribution in [0, 0.1) is 6.92 Å². The fraction of sp³-hybridized carbons (Fsp3) is 0.167. The Morgan fingerprint density at radius 2 is 2.13 bits per heavy atom. The molecule has 3 heteroatoms. The van der Waals surface area contributed by atoms with E-state index in [-0.39, 0.29) is 0 Å². The van der Waals surface area contributed by atoms with E-state index < -0.39 is 6.10 Å². The summed E-state index contributed by atoms with van der Waals surface area (Å²) in [4.78, 5) is 0. The molecule has 2 rings (SSSR count). The Balaban J connectivity index is 2.42. The fourth-order valence-corrected chi connectivity index (χ4v) is 2.59. The summed E-state index contributed by atoms with van der Waals surface area (Å²) in [6, 6.07) is 7.85. The van der Waals surface area contributed by atoms with E-state index in [2.05, 4.69) is 15.9 Å². The summed E-state index contributed by atoms with van der Waals surface area (Å²) >= 11 is 5.07. The van der Waals surface area contributed by atoms with Crippen LogP contribution in [0.25, 0.3) is 0 Å². The molecular weight excluding hydrogens is 272 g/mol. The molecule has 0 aliphatic heterocycles. The lowest BCUT2D eigenvalue weighted by molar-refractivity contribution is 0.220. The summed E-state index contributed by atoms with van der Waals surface area (Å²) in [5.74, 6) is 0. The lowest BCUT2D eigenvalue weighted by Crippen LogP contribution is -2.00. The van der Waals surface area contributed by atoms with Gasteiger partial charge < -0.3 is 5.11 Å². The second kappa shape index (κ2) is 4.47. The largest absolute Gasteiger partial charge is 0.384 e. The van der Waals surface area contributed by atoms with E-state index in [0.29, 0.717) is 0 Å². The van der Waals surface area contributed by atoms with Gasteiger partial charge in [-0.25, -0.2) is 0 Å². The second-order valence-corrected chi connectivity index (χ2v) is 5.05. The fourth-order valence-electron chi connectivity index (χ4n) is 1.53. The van der Waals surface area contributed by atoms with Gasteiger partial charge in [0.05, 0.1) is 0 Å². The van der Waals surface area contributed by atoms with Gasteiger partial charge in [-0.05, 0) is 46.5 Å². The Hall–Kier alpha value is -0.640. The molecule has 0 fully saturated rings. The summed E-state index contributed by atoms with van der Waals surface area (Å²) in [5.41, 5.74) is 3.01. The molecule has 2 aromatic rings. The topological polar surface area (TPSA) is 20.2 Å². The van der Waals surface area contributed by atoms with Crippen LogP contribution in [0.5, 0.6) is 0 Å². The maximum Gasteiger partial charge on any atom is 0.105 e. The van der Waals surface area contributed by atoms with Crippen molar-refractivity contribution in [3.8, 4) is 0 Å². The van der Waals surface area contributed by atoms with Crippen LogP contribution in [0.2, 0.25) is 0 Å². The summed E-state index contributed by atoms with van der Waals surface area (Å²) < 4.78 is 1.04. The molecule has 0 saturated heterocycles. The maximum absolute atomic E-state index is 10.2. The minimum atomic E-state index is -0.520. The quantitative estimate of drug-likeness (QED) is 0.886. The average Bonchev–Trinajstić information content (AvgIpc) is 2.74. The first kappa shape index (κ1) is 10.9. The first-order valence-corrected chi connectivity index (χ1v) is 6.39. The minimum Gasteiger partial charge on any atom is -0.384 e. The molecule has 0 amide bonds. The molecule has 1 unspecified atom stereocenters. The van der Waals surface area contributed by atoms with E-state index in [1.807, 2.05) is 41.9 Å². The van der Waals surface area contributed by atoms with Gasteiger partial charge in [0, 0.05) is 4.47 Å². The molecule has 0 aliphatic carbocycles. The van der Waals surface area contributed by atoms with E-state index in [0.717, 1.165) is 21.2 Å². The van der Waals surface area contributed by atoms with Crippen LogP contribution in [-0.4, -0.2) is 5.11 Å². The highest BCUT2D eigenvalue weighted by molar-refractivity contribution is 9.10. The molecule has 1 heterocycles. The highest BCUT2D eigenvalue weighted by Crippen LogP contribution is 2.29. The standard InChI is InChI=1S/C12H11BrOS/c1-8-10(3-2-4-11(8)13)12(14)9-5-6-15-7-9/h2-7,12,14H,1H3. The van der Waals surface area contributed by atoms with Crippen molar-refractivity contribution in [2.24, 2.45) is 0 Å². The minimum absolute atomic E-state index is 0.520. The van der Waals surface area contributed by atoms with Gasteiger partial charge in [-0.15, -0.1) is 0 Å². The Morgan fingerprint density at radius 3 is 2.80 bits per heavy atom. The molecular formula is C12H11BrOS. The van der Waals surface area contributed by atoms with Gasteiger partial charge >= 0.3 is 0 Å². The third-order valence-corrected chi connectivity index (χ3v) is 4.02.